The van der Waals surface area contributed by atoms with Crippen molar-refractivity contribution in [1.82, 2.24) is 4.31 Å². The van der Waals surface area contributed by atoms with Gasteiger partial charge in [-0.25, -0.2) is 17.5 Å². The Balaban J connectivity index is 3.04. The number of nitrogens with zero attached hydrogens (tertiary/aromatic N) is 1. The number of sulfonamides is 1. The summed E-state index contributed by atoms with van der Waals surface area (Å²) < 4.78 is 24.8. The molecule has 2 N–H and O–H groups in total. The summed E-state index contributed by atoms with van der Waals surface area (Å²) in [6.45, 7) is 1.56. The molecule has 2 unspecified atom stereocenters. The molecule has 0 bridgehead atoms. The molecule has 0 fully saturated rings. The van der Waals surface area contributed by atoms with Gasteiger partial charge in [-0.2, -0.15) is 0 Å². The van der Waals surface area contributed by atoms with Gasteiger partial charge < -0.3 is 10.2 Å². The van der Waals surface area contributed by atoms with Gasteiger partial charge in [-0.3, -0.25) is 0 Å². The van der Waals surface area contributed by atoms with E-state index in [1.54, 1.807) is 6.92 Å². The molecule has 1 rings (SSSR count). The maximum absolute atomic E-state index is 11.8. The molecule has 0 heterocycles. The van der Waals surface area contributed by atoms with Gasteiger partial charge in [-0.15, -0.1) is 0 Å². The second kappa shape index (κ2) is 5.68. The van der Waals surface area contributed by atoms with Gasteiger partial charge in [0.05, 0.1) is 4.90 Å². The van der Waals surface area contributed by atoms with Crippen LogP contribution in [0.3, 0.4) is 0 Å². The van der Waals surface area contributed by atoms with Crippen LogP contribution in [0.25, 0.3) is 0 Å². The number of aliphatic carboxylic acids is 1. The second-order valence-corrected chi connectivity index (χ2v) is 6.58. The summed E-state index contributed by atoms with van der Waals surface area (Å²) in [5.74, 6) is -1.92. The Morgan fingerprint density at radius 3 is 2.05 bits per heavy atom. The molecular weight excluding hydrogens is 270 g/mol. The number of hydrogen-bond donors (Lipinski definition) is 2. The first-order valence-electron chi connectivity index (χ1n) is 5.61. The lowest BCUT2D eigenvalue weighted by Crippen LogP contribution is -2.26. The molecule has 1 aromatic carbocycles. The predicted molar refractivity (Wildman–Crippen MR) is 69.4 cm³/mol. The van der Waals surface area contributed by atoms with Crippen LogP contribution in [0.2, 0.25) is 0 Å². The maximum Gasteiger partial charge on any atom is 0.333 e. The summed E-state index contributed by atoms with van der Waals surface area (Å²) in [6, 6.07) is 5.81. The Kier molecular flexibility index (Phi) is 4.67. The van der Waals surface area contributed by atoms with E-state index in [0.29, 0.717) is 5.56 Å². The van der Waals surface area contributed by atoms with Gasteiger partial charge in [0.2, 0.25) is 10.0 Å². The van der Waals surface area contributed by atoms with Crippen LogP contribution in [0, 0.1) is 0 Å². The largest absolute Gasteiger partial charge is 0.479 e. The minimum atomic E-state index is -3.50. The number of hydrogen-bond acceptors (Lipinski definition) is 4. The van der Waals surface area contributed by atoms with Crippen molar-refractivity contribution in [3.63, 3.8) is 0 Å². The van der Waals surface area contributed by atoms with Crippen molar-refractivity contribution in [3.05, 3.63) is 29.8 Å². The Labute approximate surface area is 112 Å². The van der Waals surface area contributed by atoms with Crippen LogP contribution in [0.1, 0.15) is 18.4 Å². The Bertz CT molecular complexity index is 550. The van der Waals surface area contributed by atoms with E-state index in [0.717, 1.165) is 4.31 Å². The molecule has 0 aliphatic rings. The SMILES string of the molecule is CC(c1ccc(S(=O)(=O)N(C)C)cc1)C(O)C(=O)O. The summed E-state index contributed by atoms with van der Waals surface area (Å²) in [4.78, 5) is 10.8. The van der Waals surface area contributed by atoms with Gasteiger partial charge in [-0.05, 0) is 17.7 Å². The molecule has 2 atom stereocenters. The minimum Gasteiger partial charge on any atom is -0.479 e. The molecule has 0 radical (unpaired) electrons. The van der Waals surface area contributed by atoms with Crippen LogP contribution in [0.4, 0.5) is 0 Å². The quantitative estimate of drug-likeness (QED) is 0.821. The van der Waals surface area contributed by atoms with Crippen LogP contribution in [-0.4, -0.2) is 49.1 Å². The van der Waals surface area contributed by atoms with Crippen molar-refractivity contribution >= 4 is 16.0 Å². The van der Waals surface area contributed by atoms with Gasteiger partial charge in [0.1, 0.15) is 0 Å². The van der Waals surface area contributed by atoms with Crippen LogP contribution in [-0.2, 0) is 14.8 Å². The molecule has 0 saturated carbocycles. The molecule has 0 amide bonds. The van der Waals surface area contributed by atoms with E-state index < -0.39 is 28.0 Å². The first-order valence-corrected chi connectivity index (χ1v) is 7.05. The average Bonchev–Trinajstić information content (AvgIpc) is 2.36. The lowest BCUT2D eigenvalue weighted by molar-refractivity contribution is -0.147. The Hall–Kier alpha value is -1.44. The first-order chi connectivity index (χ1) is 8.67. The van der Waals surface area contributed by atoms with Gasteiger partial charge in [0.15, 0.2) is 6.10 Å². The van der Waals surface area contributed by atoms with Gasteiger partial charge in [0, 0.05) is 20.0 Å². The van der Waals surface area contributed by atoms with Crippen molar-refractivity contribution in [2.45, 2.75) is 23.8 Å². The lowest BCUT2D eigenvalue weighted by Gasteiger charge is -2.16. The summed E-state index contributed by atoms with van der Waals surface area (Å²) in [5.41, 5.74) is 0.563. The fourth-order valence-corrected chi connectivity index (χ4v) is 2.45. The van der Waals surface area contributed by atoms with E-state index in [-0.39, 0.29) is 4.90 Å². The predicted octanol–water partition coefficient (Wildman–Crippen LogP) is 0.486. The van der Waals surface area contributed by atoms with Crippen LogP contribution in [0.15, 0.2) is 29.2 Å². The smallest absolute Gasteiger partial charge is 0.333 e. The Morgan fingerprint density at radius 1 is 1.21 bits per heavy atom. The first kappa shape index (κ1) is 15.6. The van der Waals surface area contributed by atoms with Crippen molar-refractivity contribution in [2.75, 3.05) is 14.1 Å². The third kappa shape index (κ3) is 3.31. The second-order valence-electron chi connectivity index (χ2n) is 4.43. The third-order valence-electron chi connectivity index (χ3n) is 2.91. The number of carboxylic acid groups (broad SMARTS) is 1. The lowest BCUT2D eigenvalue weighted by atomic mass is 9.95. The van der Waals surface area contributed by atoms with E-state index in [9.17, 15) is 18.3 Å². The fraction of sp³-hybridized carbons (Fsp3) is 0.417. The molecule has 19 heavy (non-hydrogen) atoms. The molecule has 0 aliphatic heterocycles. The van der Waals surface area contributed by atoms with E-state index in [2.05, 4.69) is 0 Å². The molecule has 0 spiro atoms. The molecular formula is C12H17NO5S. The van der Waals surface area contributed by atoms with Gasteiger partial charge >= 0.3 is 5.97 Å². The van der Waals surface area contributed by atoms with E-state index in [1.165, 1.54) is 38.4 Å². The molecule has 106 valence electrons. The zero-order valence-electron chi connectivity index (χ0n) is 10.9. The number of carboxylic acids is 1. The molecule has 1 aromatic rings. The van der Waals surface area contributed by atoms with Crippen LogP contribution >= 0.6 is 0 Å². The number of aliphatic hydroxyl groups is 1. The van der Waals surface area contributed by atoms with Crippen molar-refractivity contribution < 1.29 is 23.4 Å². The standard InChI is InChI=1S/C12H17NO5S/c1-8(11(14)12(15)16)9-4-6-10(7-5-9)19(17,18)13(2)3/h4-8,11,14H,1-3H3,(H,15,16). The number of carbonyl (C=O) groups is 1. The molecule has 6 nitrogen and oxygen atoms in total. The number of rotatable bonds is 5. The van der Waals surface area contributed by atoms with E-state index in [4.69, 9.17) is 5.11 Å². The minimum absolute atomic E-state index is 0.123. The van der Waals surface area contributed by atoms with Gasteiger partial charge in [0.25, 0.3) is 0 Å². The highest BCUT2D eigenvalue weighted by Crippen LogP contribution is 2.22. The summed E-state index contributed by atoms with van der Waals surface area (Å²) in [6.07, 6.45) is -1.52. The summed E-state index contributed by atoms with van der Waals surface area (Å²) >= 11 is 0. The Morgan fingerprint density at radius 2 is 1.68 bits per heavy atom. The number of aliphatic hydroxyl groups excluding tert-OH is 1. The highest BCUT2D eigenvalue weighted by molar-refractivity contribution is 7.89. The summed E-state index contributed by atoms with van der Waals surface area (Å²) in [7, 11) is -0.640. The van der Waals surface area contributed by atoms with E-state index >= 15 is 0 Å². The third-order valence-corrected chi connectivity index (χ3v) is 4.74. The summed E-state index contributed by atoms with van der Waals surface area (Å²) in [5, 5.41) is 18.2. The van der Waals surface area contributed by atoms with E-state index in [1.807, 2.05) is 0 Å². The van der Waals surface area contributed by atoms with Crippen molar-refractivity contribution in [1.29, 1.82) is 0 Å². The maximum atomic E-state index is 11.8. The van der Waals surface area contributed by atoms with Crippen LogP contribution in [0.5, 0.6) is 0 Å². The monoisotopic (exact) mass is 287 g/mol. The zero-order valence-corrected chi connectivity index (χ0v) is 11.8. The van der Waals surface area contributed by atoms with Crippen molar-refractivity contribution in [2.24, 2.45) is 0 Å². The number of benzene rings is 1. The van der Waals surface area contributed by atoms with Gasteiger partial charge in [-0.1, -0.05) is 19.1 Å². The normalized spacial score (nSPS) is 15.2. The molecule has 7 heteroatoms. The highest BCUT2D eigenvalue weighted by Gasteiger charge is 2.24. The molecule has 0 aromatic heterocycles. The highest BCUT2D eigenvalue weighted by atomic mass is 32.2. The fourth-order valence-electron chi connectivity index (χ4n) is 1.55. The topological polar surface area (TPSA) is 94.9 Å². The molecule has 0 saturated heterocycles. The van der Waals surface area contributed by atoms with Crippen molar-refractivity contribution in [3.8, 4) is 0 Å². The zero-order chi connectivity index (χ0) is 14.8. The van der Waals surface area contributed by atoms with Crippen LogP contribution < -0.4 is 0 Å². The average molecular weight is 287 g/mol. The molecule has 0 aliphatic carbocycles.